The van der Waals surface area contributed by atoms with Gasteiger partial charge in [0.1, 0.15) is 5.52 Å². The number of hydrogen-bond donors (Lipinski definition) is 0. The van der Waals surface area contributed by atoms with Gasteiger partial charge in [-0.25, -0.2) is 4.98 Å². The number of nitrogens with zero attached hydrogens (tertiary/aromatic N) is 3. The Morgan fingerprint density at radius 2 is 2.06 bits per heavy atom. The minimum Gasteiger partial charge on any atom is -0.459 e. The lowest BCUT2D eigenvalue weighted by molar-refractivity contribution is 0.122. The van der Waals surface area contributed by atoms with Gasteiger partial charge in [-0.3, -0.25) is 0 Å². The van der Waals surface area contributed by atoms with Crippen LogP contribution in [0.4, 0.5) is 5.82 Å². The van der Waals surface area contributed by atoms with Gasteiger partial charge in [0.25, 0.3) is 0 Å². The van der Waals surface area contributed by atoms with E-state index in [1.807, 2.05) is 0 Å². The lowest BCUT2D eigenvalue weighted by Gasteiger charge is -2.27. The van der Waals surface area contributed by atoms with Crippen LogP contribution >= 0.6 is 11.6 Å². The van der Waals surface area contributed by atoms with E-state index in [-0.39, 0.29) is 5.28 Å². The number of rotatable bonds is 1. The van der Waals surface area contributed by atoms with Crippen molar-refractivity contribution in [3.63, 3.8) is 0 Å². The number of morpholine rings is 1. The molecule has 3 heterocycles. The van der Waals surface area contributed by atoms with E-state index in [9.17, 15) is 0 Å². The first-order valence-electron chi connectivity index (χ1n) is 5.08. The second-order valence-corrected chi connectivity index (χ2v) is 3.89. The van der Waals surface area contributed by atoms with Crippen molar-refractivity contribution in [1.29, 1.82) is 0 Å². The smallest absolute Gasteiger partial charge is 0.225 e. The van der Waals surface area contributed by atoms with Crippen LogP contribution in [0.5, 0.6) is 0 Å². The van der Waals surface area contributed by atoms with Gasteiger partial charge in [-0.05, 0) is 11.6 Å². The number of fused-ring (bicyclic) bond motifs is 1. The standard InChI is InChI=1S/C10H10ClN3O2/c11-10-12-7-1-4-16-8(7)9(13-10)14-2-5-15-6-3-14/h1,4H,2-3,5-6H2. The van der Waals surface area contributed by atoms with Gasteiger partial charge in [0.15, 0.2) is 11.4 Å². The first-order valence-corrected chi connectivity index (χ1v) is 5.46. The molecular formula is C10H10ClN3O2. The Hall–Kier alpha value is -1.33. The van der Waals surface area contributed by atoms with Gasteiger partial charge in [0, 0.05) is 19.2 Å². The van der Waals surface area contributed by atoms with E-state index in [4.69, 9.17) is 20.8 Å². The van der Waals surface area contributed by atoms with Crippen LogP contribution in [0, 0.1) is 0 Å². The summed E-state index contributed by atoms with van der Waals surface area (Å²) in [6, 6.07) is 1.78. The van der Waals surface area contributed by atoms with Crippen LogP contribution in [0.3, 0.4) is 0 Å². The molecule has 1 aliphatic rings. The van der Waals surface area contributed by atoms with Crippen LogP contribution in [0.1, 0.15) is 0 Å². The molecule has 3 rings (SSSR count). The average molecular weight is 240 g/mol. The number of furan rings is 1. The molecular weight excluding hydrogens is 230 g/mol. The van der Waals surface area contributed by atoms with Crippen molar-refractivity contribution in [2.45, 2.75) is 0 Å². The van der Waals surface area contributed by atoms with Crippen molar-refractivity contribution < 1.29 is 9.15 Å². The first kappa shape index (κ1) is 9.86. The van der Waals surface area contributed by atoms with E-state index in [2.05, 4.69) is 14.9 Å². The summed E-state index contributed by atoms with van der Waals surface area (Å²) in [5, 5.41) is 0.246. The zero-order chi connectivity index (χ0) is 11.0. The summed E-state index contributed by atoms with van der Waals surface area (Å²) in [5.41, 5.74) is 1.42. The van der Waals surface area contributed by atoms with E-state index in [0.717, 1.165) is 24.4 Å². The van der Waals surface area contributed by atoms with Gasteiger partial charge in [0.2, 0.25) is 5.28 Å². The first-order chi connectivity index (χ1) is 7.84. The quantitative estimate of drug-likeness (QED) is 0.709. The van der Waals surface area contributed by atoms with Crippen molar-refractivity contribution in [2.75, 3.05) is 31.2 Å². The second kappa shape index (κ2) is 3.92. The Morgan fingerprint density at radius 3 is 2.88 bits per heavy atom. The monoisotopic (exact) mass is 239 g/mol. The predicted octanol–water partition coefficient (Wildman–Crippen LogP) is 1.71. The van der Waals surface area contributed by atoms with Crippen LogP contribution in [0.15, 0.2) is 16.7 Å². The Bertz CT molecular complexity index is 508. The SMILES string of the molecule is Clc1nc(N2CCOCC2)c2occc2n1. The van der Waals surface area contributed by atoms with Gasteiger partial charge in [-0.2, -0.15) is 4.98 Å². The zero-order valence-corrected chi connectivity index (χ0v) is 9.28. The molecule has 0 unspecified atom stereocenters. The average Bonchev–Trinajstić information content (AvgIpc) is 2.77. The fourth-order valence-electron chi connectivity index (χ4n) is 1.81. The van der Waals surface area contributed by atoms with Gasteiger partial charge in [0.05, 0.1) is 19.5 Å². The van der Waals surface area contributed by atoms with Gasteiger partial charge < -0.3 is 14.1 Å². The number of anilines is 1. The molecule has 0 aliphatic carbocycles. The fourth-order valence-corrected chi connectivity index (χ4v) is 1.98. The maximum atomic E-state index is 5.88. The molecule has 84 valence electrons. The van der Waals surface area contributed by atoms with E-state index in [0.29, 0.717) is 18.8 Å². The molecule has 1 saturated heterocycles. The molecule has 0 spiro atoms. The molecule has 1 fully saturated rings. The highest BCUT2D eigenvalue weighted by Crippen LogP contribution is 2.26. The third-order valence-electron chi connectivity index (χ3n) is 2.57. The number of aromatic nitrogens is 2. The van der Waals surface area contributed by atoms with E-state index < -0.39 is 0 Å². The Morgan fingerprint density at radius 1 is 1.25 bits per heavy atom. The summed E-state index contributed by atoms with van der Waals surface area (Å²) in [4.78, 5) is 10.4. The molecule has 6 heteroatoms. The zero-order valence-electron chi connectivity index (χ0n) is 8.52. The van der Waals surface area contributed by atoms with Crippen molar-refractivity contribution in [3.8, 4) is 0 Å². The van der Waals surface area contributed by atoms with Crippen LogP contribution < -0.4 is 4.90 Å². The molecule has 5 nitrogen and oxygen atoms in total. The molecule has 0 N–H and O–H groups in total. The predicted molar refractivity (Wildman–Crippen MR) is 59.8 cm³/mol. The maximum absolute atomic E-state index is 5.88. The Kier molecular flexibility index (Phi) is 2.41. The summed E-state index contributed by atoms with van der Waals surface area (Å²) < 4.78 is 10.7. The molecule has 0 amide bonds. The molecule has 0 atom stereocenters. The number of hydrogen-bond acceptors (Lipinski definition) is 5. The van der Waals surface area contributed by atoms with Crippen LogP contribution in [0.25, 0.3) is 11.1 Å². The highest BCUT2D eigenvalue weighted by Gasteiger charge is 2.18. The molecule has 16 heavy (non-hydrogen) atoms. The molecule has 0 bridgehead atoms. The maximum Gasteiger partial charge on any atom is 0.225 e. The summed E-state index contributed by atoms with van der Waals surface area (Å²) in [7, 11) is 0. The van der Waals surface area contributed by atoms with Crippen molar-refractivity contribution in [2.24, 2.45) is 0 Å². The second-order valence-electron chi connectivity index (χ2n) is 3.55. The lowest BCUT2D eigenvalue weighted by atomic mass is 10.3. The van der Waals surface area contributed by atoms with Crippen molar-refractivity contribution >= 4 is 28.5 Å². The normalized spacial score (nSPS) is 16.9. The third-order valence-corrected chi connectivity index (χ3v) is 2.74. The molecule has 2 aromatic rings. The molecule has 0 radical (unpaired) electrons. The minimum atomic E-state index is 0.246. The summed E-state index contributed by atoms with van der Waals surface area (Å²) in [6.45, 7) is 2.99. The van der Waals surface area contributed by atoms with Crippen LogP contribution in [-0.2, 0) is 4.74 Å². The molecule has 2 aromatic heterocycles. The van der Waals surface area contributed by atoms with Crippen molar-refractivity contribution in [1.82, 2.24) is 9.97 Å². The van der Waals surface area contributed by atoms with E-state index in [1.54, 1.807) is 12.3 Å². The molecule has 0 saturated carbocycles. The van der Waals surface area contributed by atoms with Gasteiger partial charge >= 0.3 is 0 Å². The molecule has 0 aromatic carbocycles. The topological polar surface area (TPSA) is 51.4 Å². The summed E-state index contributed by atoms with van der Waals surface area (Å²) in [5.74, 6) is 0.753. The van der Waals surface area contributed by atoms with E-state index >= 15 is 0 Å². The van der Waals surface area contributed by atoms with Gasteiger partial charge in [-0.1, -0.05) is 0 Å². The Labute approximate surface area is 97.0 Å². The lowest BCUT2D eigenvalue weighted by Crippen LogP contribution is -2.36. The highest BCUT2D eigenvalue weighted by molar-refractivity contribution is 6.28. The van der Waals surface area contributed by atoms with Gasteiger partial charge in [-0.15, -0.1) is 0 Å². The number of halogens is 1. The summed E-state index contributed by atoms with van der Waals surface area (Å²) in [6.07, 6.45) is 1.60. The van der Waals surface area contributed by atoms with Crippen molar-refractivity contribution in [3.05, 3.63) is 17.6 Å². The van der Waals surface area contributed by atoms with Crippen LogP contribution in [-0.4, -0.2) is 36.3 Å². The van der Waals surface area contributed by atoms with Crippen LogP contribution in [0.2, 0.25) is 5.28 Å². The third kappa shape index (κ3) is 1.62. The summed E-state index contributed by atoms with van der Waals surface area (Å²) >= 11 is 5.88. The fraction of sp³-hybridized carbons (Fsp3) is 0.400. The Balaban J connectivity index is 2.09. The van der Waals surface area contributed by atoms with E-state index in [1.165, 1.54) is 0 Å². The minimum absolute atomic E-state index is 0.246. The number of ether oxygens (including phenoxy) is 1. The highest BCUT2D eigenvalue weighted by atomic mass is 35.5. The largest absolute Gasteiger partial charge is 0.459 e. The molecule has 1 aliphatic heterocycles.